The van der Waals surface area contributed by atoms with Gasteiger partial charge in [-0.1, -0.05) is 5.16 Å². The first-order valence-corrected chi connectivity index (χ1v) is 3.78. The molecule has 1 N–H and O–H groups in total. The number of nitrogens with one attached hydrogen (secondary N) is 1. The lowest BCUT2D eigenvalue weighted by atomic mass is 10.1. The highest BCUT2D eigenvalue weighted by atomic mass is 35.5. The Bertz CT molecular complexity index is 113. The molecule has 1 atom stereocenters. The molecule has 11 heavy (non-hydrogen) atoms. The van der Waals surface area contributed by atoms with Crippen molar-refractivity contribution in [1.29, 1.82) is 0 Å². The van der Waals surface area contributed by atoms with Gasteiger partial charge in [0.1, 0.15) is 6.10 Å². The van der Waals surface area contributed by atoms with Crippen LogP contribution in [0.15, 0.2) is 5.16 Å². The van der Waals surface area contributed by atoms with Gasteiger partial charge < -0.3 is 10.2 Å². The molecule has 1 fully saturated rings. The zero-order valence-electron chi connectivity index (χ0n) is 6.75. The molecule has 66 valence electrons. The molecule has 0 bridgehead atoms. The summed E-state index contributed by atoms with van der Waals surface area (Å²) in [4.78, 5) is 5.14. The van der Waals surface area contributed by atoms with Crippen LogP contribution in [0.5, 0.6) is 0 Å². The fraction of sp³-hybridized carbons (Fsp3) is 0.857. The van der Waals surface area contributed by atoms with Gasteiger partial charge >= 0.3 is 0 Å². The third-order valence-electron chi connectivity index (χ3n) is 1.57. The molecule has 3 nitrogen and oxygen atoms in total. The standard InChI is InChI=1S/C7H14N2O.ClH/c1-2-9-10-7-4-3-5-8-6-7;/h2,7-8H,3-6H2,1H3;1H. The van der Waals surface area contributed by atoms with Crippen molar-refractivity contribution in [3.63, 3.8) is 0 Å². The molecular formula is C7H15ClN2O. The maximum Gasteiger partial charge on any atom is 0.139 e. The van der Waals surface area contributed by atoms with Crippen molar-refractivity contribution in [2.45, 2.75) is 25.9 Å². The maximum atomic E-state index is 5.14. The van der Waals surface area contributed by atoms with Crippen LogP contribution < -0.4 is 5.32 Å². The van der Waals surface area contributed by atoms with Crippen LogP contribution in [0.1, 0.15) is 19.8 Å². The summed E-state index contributed by atoms with van der Waals surface area (Å²) in [6.07, 6.45) is 4.30. The molecule has 0 radical (unpaired) electrons. The number of piperidine rings is 1. The van der Waals surface area contributed by atoms with E-state index in [4.69, 9.17) is 4.84 Å². The first kappa shape index (κ1) is 10.7. The van der Waals surface area contributed by atoms with Crippen LogP contribution in [0.2, 0.25) is 0 Å². The molecule has 1 saturated heterocycles. The fourth-order valence-corrected chi connectivity index (χ4v) is 1.06. The quantitative estimate of drug-likeness (QED) is 0.509. The smallest absolute Gasteiger partial charge is 0.139 e. The summed E-state index contributed by atoms with van der Waals surface area (Å²) in [7, 11) is 0. The van der Waals surface area contributed by atoms with Gasteiger partial charge in [-0.25, -0.2) is 0 Å². The Hall–Kier alpha value is -0.280. The molecule has 0 amide bonds. The van der Waals surface area contributed by atoms with Crippen molar-refractivity contribution in [3.8, 4) is 0 Å². The van der Waals surface area contributed by atoms with E-state index >= 15 is 0 Å². The number of halogens is 1. The fourth-order valence-electron chi connectivity index (χ4n) is 1.06. The van der Waals surface area contributed by atoms with Crippen molar-refractivity contribution in [2.24, 2.45) is 5.16 Å². The molecule has 0 saturated carbocycles. The molecular weight excluding hydrogens is 164 g/mol. The summed E-state index contributed by atoms with van der Waals surface area (Å²) in [5, 5.41) is 6.98. The second-order valence-corrected chi connectivity index (χ2v) is 2.44. The highest BCUT2D eigenvalue weighted by Crippen LogP contribution is 2.05. The SMILES string of the molecule is CC=NOC1CCCNC1.Cl. The van der Waals surface area contributed by atoms with Crippen LogP contribution in [0.4, 0.5) is 0 Å². The van der Waals surface area contributed by atoms with E-state index < -0.39 is 0 Å². The average Bonchev–Trinajstić information content (AvgIpc) is 2.03. The minimum Gasteiger partial charge on any atom is -0.391 e. The maximum absolute atomic E-state index is 5.14. The Balaban J connectivity index is 0.000001000. The van der Waals surface area contributed by atoms with Crippen molar-refractivity contribution >= 4 is 18.6 Å². The van der Waals surface area contributed by atoms with Crippen molar-refractivity contribution in [3.05, 3.63) is 0 Å². The van der Waals surface area contributed by atoms with Crippen molar-refractivity contribution < 1.29 is 4.84 Å². The Morgan fingerprint density at radius 2 is 2.45 bits per heavy atom. The van der Waals surface area contributed by atoms with Gasteiger partial charge in [0.15, 0.2) is 0 Å². The average molecular weight is 179 g/mol. The predicted octanol–water partition coefficient (Wildman–Crippen LogP) is 1.18. The molecule has 4 heteroatoms. The molecule has 0 spiro atoms. The van der Waals surface area contributed by atoms with Gasteiger partial charge in [-0.3, -0.25) is 0 Å². The molecule has 1 rings (SSSR count). The van der Waals surface area contributed by atoms with Crippen LogP contribution in [0.25, 0.3) is 0 Å². The zero-order chi connectivity index (χ0) is 7.23. The van der Waals surface area contributed by atoms with E-state index in [9.17, 15) is 0 Å². The Kier molecular flexibility index (Phi) is 6.27. The third kappa shape index (κ3) is 4.22. The van der Waals surface area contributed by atoms with E-state index in [1.165, 1.54) is 6.42 Å². The molecule has 0 aromatic carbocycles. The van der Waals surface area contributed by atoms with Gasteiger partial charge in [-0.15, -0.1) is 12.4 Å². The Labute approximate surface area is 73.6 Å². The molecule has 1 heterocycles. The topological polar surface area (TPSA) is 33.6 Å². The number of nitrogens with zero attached hydrogens (tertiary/aromatic N) is 1. The Morgan fingerprint density at radius 1 is 1.64 bits per heavy atom. The summed E-state index contributed by atoms with van der Waals surface area (Å²) < 4.78 is 0. The summed E-state index contributed by atoms with van der Waals surface area (Å²) in [5.41, 5.74) is 0. The number of rotatable bonds is 2. The molecule has 1 unspecified atom stereocenters. The van der Waals surface area contributed by atoms with Gasteiger partial charge in [0.25, 0.3) is 0 Å². The first-order valence-electron chi connectivity index (χ1n) is 3.78. The van der Waals surface area contributed by atoms with E-state index in [1.54, 1.807) is 6.21 Å². The molecule has 0 aliphatic carbocycles. The van der Waals surface area contributed by atoms with E-state index in [2.05, 4.69) is 10.5 Å². The minimum absolute atomic E-state index is 0. The lowest BCUT2D eigenvalue weighted by molar-refractivity contribution is 0.0428. The van der Waals surface area contributed by atoms with Crippen molar-refractivity contribution in [1.82, 2.24) is 5.32 Å². The van der Waals surface area contributed by atoms with Gasteiger partial charge in [-0.05, 0) is 26.3 Å². The van der Waals surface area contributed by atoms with Crippen LogP contribution >= 0.6 is 12.4 Å². The largest absolute Gasteiger partial charge is 0.391 e. The van der Waals surface area contributed by atoms with Gasteiger partial charge in [0.2, 0.25) is 0 Å². The van der Waals surface area contributed by atoms with Gasteiger partial charge in [0.05, 0.1) is 0 Å². The summed E-state index contributed by atoms with van der Waals surface area (Å²) >= 11 is 0. The van der Waals surface area contributed by atoms with E-state index in [0.717, 1.165) is 19.5 Å². The zero-order valence-corrected chi connectivity index (χ0v) is 7.56. The van der Waals surface area contributed by atoms with Crippen molar-refractivity contribution in [2.75, 3.05) is 13.1 Å². The highest BCUT2D eigenvalue weighted by molar-refractivity contribution is 5.85. The van der Waals surface area contributed by atoms with Crippen LogP contribution in [-0.4, -0.2) is 25.4 Å². The van der Waals surface area contributed by atoms with E-state index in [0.29, 0.717) is 6.10 Å². The normalized spacial score (nSPS) is 24.6. The number of hydrogen-bond acceptors (Lipinski definition) is 3. The van der Waals surface area contributed by atoms with E-state index in [1.807, 2.05) is 6.92 Å². The van der Waals surface area contributed by atoms with Crippen LogP contribution in [0.3, 0.4) is 0 Å². The van der Waals surface area contributed by atoms with Gasteiger partial charge in [0, 0.05) is 12.8 Å². The number of oxime groups is 1. The molecule has 1 aliphatic heterocycles. The summed E-state index contributed by atoms with van der Waals surface area (Å²) in [6.45, 7) is 3.92. The number of hydrogen-bond donors (Lipinski definition) is 1. The first-order chi connectivity index (χ1) is 4.93. The minimum atomic E-state index is 0. The van der Waals surface area contributed by atoms with Crippen LogP contribution in [0, 0.1) is 0 Å². The van der Waals surface area contributed by atoms with E-state index in [-0.39, 0.29) is 12.4 Å². The molecule has 0 aromatic rings. The monoisotopic (exact) mass is 178 g/mol. The molecule has 0 aromatic heterocycles. The highest BCUT2D eigenvalue weighted by Gasteiger charge is 2.12. The second-order valence-electron chi connectivity index (χ2n) is 2.44. The Morgan fingerprint density at radius 3 is 3.00 bits per heavy atom. The molecule has 1 aliphatic rings. The van der Waals surface area contributed by atoms with Crippen LogP contribution in [-0.2, 0) is 4.84 Å². The van der Waals surface area contributed by atoms with Gasteiger partial charge in [-0.2, -0.15) is 0 Å². The third-order valence-corrected chi connectivity index (χ3v) is 1.57. The summed E-state index contributed by atoms with van der Waals surface area (Å²) in [5.74, 6) is 0. The lowest BCUT2D eigenvalue weighted by Crippen LogP contribution is -2.34. The lowest BCUT2D eigenvalue weighted by Gasteiger charge is -2.20. The predicted molar refractivity (Wildman–Crippen MR) is 48.4 cm³/mol. The summed E-state index contributed by atoms with van der Waals surface area (Å²) in [6, 6.07) is 0. The second kappa shape index (κ2) is 6.43.